The fraction of sp³-hybridized carbons (Fsp3) is 0.111. The van der Waals surface area contributed by atoms with Crippen molar-refractivity contribution in [2.24, 2.45) is 0 Å². The van der Waals surface area contributed by atoms with Gasteiger partial charge in [0.2, 0.25) is 0 Å². The molecule has 1 heterocycles. The van der Waals surface area contributed by atoms with E-state index in [0.717, 1.165) is 17.7 Å². The fourth-order valence-electron chi connectivity index (χ4n) is 2.28. The molecule has 0 saturated carbocycles. The first kappa shape index (κ1) is 16.9. The zero-order chi connectivity index (χ0) is 17.8. The number of aliphatic hydroxyl groups excluding tert-OH is 1. The Labute approximate surface area is 142 Å². The van der Waals surface area contributed by atoms with Crippen LogP contribution in [0.3, 0.4) is 0 Å². The smallest absolute Gasteiger partial charge is 0.195 e. The Morgan fingerprint density at radius 3 is 2.48 bits per heavy atom. The molecule has 0 bridgehead atoms. The lowest BCUT2D eigenvalue weighted by atomic mass is 10.1. The summed E-state index contributed by atoms with van der Waals surface area (Å²) in [5.41, 5.74) is 0.488. The van der Waals surface area contributed by atoms with E-state index in [9.17, 15) is 18.3 Å². The minimum Gasteiger partial charge on any atom is -0.387 e. The highest BCUT2D eigenvalue weighted by molar-refractivity contribution is 5.58. The summed E-state index contributed by atoms with van der Waals surface area (Å²) in [5.74, 6) is -3.96. The molecule has 7 heteroatoms. The van der Waals surface area contributed by atoms with Gasteiger partial charge in [-0.25, -0.2) is 23.1 Å². The van der Waals surface area contributed by atoms with Crippen molar-refractivity contribution in [1.29, 1.82) is 0 Å². The molecule has 4 nitrogen and oxygen atoms in total. The van der Waals surface area contributed by atoms with Crippen molar-refractivity contribution >= 4 is 5.82 Å². The van der Waals surface area contributed by atoms with Crippen molar-refractivity contribution in [3.05, 3.63) is 77.7 Å². The molecular weight excluding hydrogens is 331 g/mol. The summed E-state index contributed by atoms with van der Waals surface area (Å²) in [6, 6.07) is 12.5. The number of hydrogen-bond donors (Lipinski definition) is 2. The number of hydrogen-bond acceptors (Lipinski definition) is 4. The second-order valence-electron chi connectivity index (χ2n) is 5.30. The van der Waals surface area contributed by atoms with Gasteiger partial charge in [0.25, 0.3) is 0 Å². The highest BCUT2D eigenvalue weighted by Crippen LogP contribution is 2.24. The number of halogens is 3. The summed E-state index contributed by atoms with van der Waals surface area (Å²) in [4.78, 5) is 7.96. The monoisotopic (exact) mass is 345 g/mol. The number of aliphatic hydroxyl groups is 1. The van der Waals surface area contributed by atoms with Crippen molar-refractivity contribution in [2.75, 3.05) is 11.9 Å². The lowest BCUT2D eigenvalue weighted by Crippen LogP contribution is -2.13. The van der Waals surface area contributed by atoms with Crippen molar-refractivity contribution in [3.63, 3.8) is 0 Å². The van der Waals surface area contributed by atoms with Gasteiger partial charge in [0.15, 0.2) is 23.3 Å². The number of nitrogens with one attached hydrogen (secondary N) is 1. The van der Waals surface area contributed by atoms with Crippen molar-refractivity contribution in [3.8, 4) is 11.4 Å². The van der Waals surface area contributed by atoms with Gasteiger partial charge in [-0.1, -0.05) is 30.3 Å². The van der Waals surface area contributed by atoms with Crippen LogP contribution in [0.5, 0.6) is 0 Å². The average molecular weight is 345 g/mol. The van der Waals surface area contributed by atoms with Crippen LogP contribution in [0.2, 0.25) is 0 Å². The van der Waals surface area contributed by atoms with Crippen LogP contribution < -0.4 is 5.32 Å². The molecule has 25 heavy (non-hydrogen) atoms. The van der Waals surface area contributed by atoms with Crippen LogP contribution in [0.15, 0.2) is 54.7 Å². The van der Waals surface area contributed by atoms with E-state index in [1.165, 1.54) is 12.3 Å². The van der Waals surface area contributed by atoms with E-state index in [1.54, 1.807) is 12.1 Å². The molecule has 0 saturated heterocycles. The molecule has 0 amide bonds. The quantitative estimate of drug-likeness (QED) is 0.692. The van der Waals surface area contributed by atoms with Gasteiger partial charge in [0.05, 0.1) is 11.7 Å². The third-order valence-electron chi connectivity index (χ3n) is 3.59. The molecule has 0 fully saturated rings. The molecule has 0 aliphatic rings. The Balaban J connectivity index is 1.77. The zero-order valence-electron chi connectivity index (χ0n) is 13.0. The minimum absolute atomic E-state index is 0.0874. The van der Waals surface area contributed by atoms with Crippen molar-refractivity contribution in [2.45, 2.75) is 6.10 Å². The van der Waals surface area contributed by atoms with Crippen LogP contribution >= 0.6 is 0 Å². The van der Waals surface area contributed by atoms with Gasteiger partial charge in [0, 0.05) is 12.7 Å². The molecule has 0 aliphatic heterocycles. The van der Waals surface area contributed by atoms with E-state index in [1.807, 2.05) is 18.2 Å². The van der Waals surface area contributed by atoms with E-state index in [2.05, 4.69) is 15.3 Å². The summed E-state index contributed by atoms with van der Waals surface area (Å²) >= 11 is 0. The minimum atomic E-state index is -1.57. The molecule has 0 unspecified atom stereocenters. The van der Waals surface area contributed by atoms with Crippen molar-refractivity contribution < 1.29 is 18.3 Å². The van der Waals surface area contributed by atoms with Crippen LogP contribution in [0.25, 0.3) is 11.4 Å². The van der Waals surface area contributed by atoms with Crippen LogP contribution in [-0.2, 0) is 0 Å². The van der Waals surface area contributed by atoms with Crippen LogP contribution in [0.4, 0.5) is 19.0 Å². The predicted octanol–water partition coefficient (Wildman–Crippen LogP) is 3.71. The topological polar surface area (TPSA) is 58.0 Å². The molecule has 0 aliphatic carbocycles. The standard InChI is InChI=1S/C18H14F3N3O/c19-13-7-6-12(16(20)17(13)21)18-22-9-8-15(24-18)23-10-14(25)11-4-2-1-3-5-11/h1-9,14,25H,10H2,(H,22,23,24)/t14-/m0/s1. The van der Waals surface area contributed by atoms with E-state index in [4.69, 9.17) is 0 Å². The molecule has 128 valence electrons. The number of nitrogens with zero attached hydrogens (tertiary/aromatic N) is 2. The van der Waals surface area contributed by atoms with E-state index < -0.39 is 23.6 Å². The Morgan fingerprint density at radius 2 is 1.72 bits per heavy atom. The Hall–Kier alpha value is -2.93. The summed E-state index contributed by atoms with van der Waals surface area (Å²) in [7, 11) is 0. The second kappa shape index (κ2) is 7.31. The fourth-order valence-corrected chi connectivity index (χ4v) is 2.28. The maximum Gasteiger partial charge on any atom is 0.195 e. The lowest BCUT2D eigenvalue weighted by Gasteiger charge is -2.13. The number of anilines is 1. The maximum atomic E-state index is 13.9. The summed E-state index contributed by atoms with van der Waals surface area (Å²) in [5, 5.41) is 13.0. The van der Waals surface area contributed by atoms with Crippen LogP contribution in [0.1, 0.15) is 11.7 Å². The van der Waals surface area contributed by atoms with E-state index >= 15 is 0 Å². The Kier molecular flexibility index (Phi) is 4.95. The Morgan fingerprint density at radius 1 is 0.960 bits per heavy atom. The largest absolute Gasteiger partial charge is 0.387 e. The predicted molar refractivity (Wildman–Crippen MR) is 87.2 cm³/mol. The van der Waals surface area contributed by atoms with Crippen LogP contribution in [0, 0.1) is 17.5 Å². The van der Waals surface area contributed by atoms with Crippen LogP contribution in [-0.4, -0.2) is 21.6 Å². The highest BCUT2D eigenvalue weighted by Gasteiger charge is 2.17. The van der Waals surface area contributed by atoms with Crippen molar-refractivity contribution in [1.82, 2.24) is 9.97 Å². The molecule has 2 aromatic carbocycles. The zero-order valence-corrected chi connectivity index (χ0v) is 13.0. The Bertz CT molecular complexity index is 875. The first-order chi connectivity index (χ1) is 12.1. The van der Waals surface area contributed by atoms with Gasteiger partial charge in [0.1, 0.15) is 5.82 Å². The third-order valence-corrected chi connectivity index (χ3v) is 3.59. The molecule has 0 radical (unpaired) electrons. The number of aromatic nitrogens is 2. The summed E-state index contributed by atoms with van der Waals surface area (Å²) in [6.07, 6.45) is 0.597. The molecule has 0 spiro atoms. The second-order valence-corrected chi connectivity index (χ2v) is 5.30. The number of rotatable bonds is 5. The van der Waals surface area contributed by atoms with Gasteiger partial charge in [-0.05, 0) is 23.8 Å². The van der Waals surface area contributed by atoms with Gasteiger partial charge >= 0.3 is 0 Å². The van der Waals surface area contributed by atoms with E-state index in [0.29, 0.717) is 5.82 Å². The van der Waals surface area contributed by atoms with Gasteiger partial charge in [-0.2, -0.15) is 0 Å². The molecule has 1 atom stereocenters. The highest BCUT2D eigenvalue weighted by atomic mass is 19.2. The molecule has 3 aromatic rings. The lowest BCUT2D eigenvalue weighted by molar-refractivity contribution is 0.191. The first-order valence-corrected chi connectivity index (χ1v) is 7.50. The average Bonchev–Trinajstić information content (AvgIpc) is 2.65. The van der Waals surface area contributed by atoms with Gasteiger partial charge in [-0.3, -0.25) is 0 Å². The first-order valence-electron chi connectivity index (χ1n) is 7.50. The van der Waals surface area contributed by atoms with Gasteiger partial charge < -0.3 is 10.4 Å². The molecular formula is C18H14F3N3O. The molecule has 1 aromatic heterocycles. The number of benzene rings is 2. The summed E-state index contributed by atoms with van der Waals surface area (Å²) in [6.45, 7) is 0.167. The molecule has 3 rings (SSSR count). The normalized spacial score (nSPS) is 12.0. The van der Waals surface area contributed by atoms with Gasteiger partial charge in [-0.15, -0.1) is 0 Å². The SMILES string of the molecule is O[C@@H](CNc1ccnc(-c2ccc(F)c(F)c2F)n1)c1ccccc1. The molecule has 2 N–H and O–H groups in total. The summed E-state index contributed by atoms with van der Waals surface area (Å²) < 4.78 is 40.3. The third kappa shape index (κ3) is 3.77. The van der Waals surface area contributed by atoms with E-state index in [-0.39, 0.29) is 17.9 Å². The maximum absolute atomic E-state index is 13.9.